The van der Waals surface area contributed by atoms with Crippen LogP contribution in [0, 0.1) is 5.92 Å². The van der Waals surface area contributed by atoms with Crippen LogP contribution in [0.25, 0.3) is 0 Å². The van der Waals surface area contributed by atoms with E-state index in [0.29, 0.717) is 24.3 Å². The highest BCUT2D eigenvalue weighted by Gasteiger charge is 2.13. The number of aromatic carboxylic acids is 1. The second-order valence-corrected chi connectivity index (χ2v) is 5.54. The van der Waals surface area contributed by atoms with Crippen LogP contribution >= 0.6 is 0 Å². The van der Waals surface area contributed by atoms with Crippen LogP contribution in [0.3, 0.4) is 0 Å². The minimum Gasteiger partial charge on any atom is -0.475 e. The standard InChI is InChI=1S/C14H24N2O3/c1-10(2)7-11(9-16(3)4)15-8-12-5-6-13(19-12)14(17)18/h5-6,10-11,15H,7-9H2,1-4H3,(H,17,18). The van der Waals surface area contributed by atoms with E-state index in [9.17, 15) is 4.79 Å². The molecule has 1 rings (SSSR count). The monoisotopic (exact) mass is 268 g/mol. The van der Waals surface area contributed by atoms with Crippen molar-refractivity contribution in [3.8, 4) is 0 Å². The average molecular weight is 268 g/mol. The summed E-state index contributed by atoms with van der Waals surface area (Å²) < 4.78 is 5.23. The fraction of sp³-hybridized carbons (Fsp3) is 0.643. The van der Waals surface area contributed by atoms with Gasteiger partial charge in [-0.25, -0.2) is 4.79 Å². The number of nitrogens with one attached hydrogen (secondary N) is 1. The Morgan fingerprint density at radius 2 is 2.11 bits per heavy atom. The maximum absolute atomic E-state index is 10.7. The van der Waals surface area contributed by atoms with Gasteiger partial charge < -0.3 is 19.7 Å². The fourth-order valence-corrected chi connectivity index (χ4v) is 2.07. The Morgan fingerprint density at radius 1 is 1.42 bits per heavy atom. The number of carbonyl (C=O) groups is 1. The quantitative estimate of drug-likeness (QED) is 0.755. The van der Waals surface area contributed by atoms with E-state index in [2.05, 4.69) is 24.1 Å². The number of carboxylic acid groups (broad SMARTS) is 1. The van der Waals surface area contributed by atoms with Gasteiger partial charge in [0.15, 0.2) is 0 Å². The first kappa shape index (κ1) is 15.7. The van der Waals surface area contributed by atoms with Gasteiger partial charge in [0.05, 0.1) is 6.54 Å². The van der Waals surface area contributed by atoms with Crippen LogP contribution in [0.15, 0.2) is 16.5 Å². The third kappa shape index (κ3) is 5.89. The highest BCUT2D eigenvalue weighted by atomic mass is 16.4. The molecular formula is C14H24N2O3. The van der Waals surface area contributed by atoms with Crippen molar-refractivity contribution in [1.29, 1.82) is 0 Å². The predicted octanol–water partition coefficient (Wildman–Crippen LogP) is 2.04. The van der Waals surface area contributed by atoms with Gasteiger partial charge in [0.25, 0.3) is 0 Å². The Kier molecular flexibility index (Phi) is 6.05. The third-order valence-corrected chi connectivity index (χ3v) is 2.78. The molecule has 1 aromatic rings. The molecule has 1 aromatic heterocycles. The van der Waals surface area contributed by atoms with E-state index in [1.165, 1.54) is 6.07 Å². The summed E-state index contributed by atoms with van der Waals surface area (Å²) in [5, 5.41) is 12.2. The van der Waals surface area contributed by atoms with Gasteiger partial charge in [0, 0.05) is 12.6 Å². The smallest absolute Gasteiger partial charge is 0.371 e. The molecule has 108 valence electrons. The molecule has 2 N–H and O–H groups in total. The Labute approximate surface area is 114 Å². The number of carboxylic acids is 1. The predicted molar refractivity (Wildman–Crippen MR) is 74.3 cm³/mol. The zero-order chi connectivity index (χ0) is 14.4. The zero-order valence-corrected chi connectivity index (χ0v) is 12.1. The molecule has 1 atom stereocenters. The number of likely N-dealkylation sites (N-methyl/N-ethyl adjacent to an activating group) is 1. The van der Waals surface area contributed by atoms with Crippen LogP contribution in [0.4, 0.5) is 0 Å². The summed E-state index contributed by atoms with van der Waals surface area (Å²) in [7, 11) is 4.09. The van der Waals surface area contributed by atoms with Gasteiger partial charge in [-0.05, 0) is 38.6 Å². The lowest BCUT2D eigenvalue weighted by Gasteiger charge is -2.23. The Morgan fingerprint density at radius 3 is 2.58 bits per heavy atom. The minimum atomic E-state index is -1.03. The number of nitrogens with zero attached hydrogens (tertiary/aromatic N) is 1. The van der Waals surface area contributed by atoms with Gasteiger partial charge in [0.1, 0.15) is 5.76 Å². The van der Waals surface area contributed by atoms with Crippen LogP contribution in [0.5, 0.6) is 0 Å². The third-order valence-electron chi connectivity index (χ3n) is 2.78. The molecular weight excluding hydrogens is 244 g/mol. The normalized spacial score (nSPS) is 13.2. The molecule has 0 bridgehead atoms. The second kappa shape index (κ2) is 7.31. The lowest BCUT2D eigenvalue weighted by atomic mass is 10.0. The highest BCUT2D eigenvalue weighted by Crippen LogP contribution is 2.10. The molecule has 19 heavy (non-hydrogen) atoms. The molecule has 0 saturated heterocycles. The first-order valence-corrected chi connectivity index (χ1v) is 6.58. The topological polar surface area (TPSA) is 65.7 Å². The van der Waals surface area contributed by atoms with Crippen LogP contribution in [0.1, 0.15) is 36.6 Å². The summed E-state index contributed by atoms with van der Waals surface area (Å²) in [6.07, 6.45) is 1.07. The molecule has 0 radical (unpaired) electrons. The van der Waals surface area contributed by atoms with Gasteiger partial charge in [-0.15, -0.1) is 0 Å². The summed E-state index contributed by atoms with van der Waals surface area (Å²) in [5.74, 6) is 0.233. The zero-order valence-electron chi connectivity index (χ0n) is 12.1. The lowest BCUT2D eigenvalue weighted by Crippen LogP contribution is -2.38. The Hall–Kier alpha value is -1.33. The van der Waals surface area contributed by atoms with E-state index in [0.717, 1.165) is 13.0 Å². The van der Waals surface area contributed by atoms with Crippen LogP contribution < -0.4 is 5.32 Å². The van der Waals surface area contributed by atoms with Crippen LogP contribution in [-0.2, 0) is 6.54 Å². The molecule has 5 nitrogen and oxygen atoms in total. The summed E-state index contributed by atoms with van der Waals surface area (Å²) >= 11 is 0. The molecule has 1 heterocycles. The van der Waals surface area contributed by atoms with Crippen molar-refractivity contribution < 1.29 is 14.3 Å². The molecule has 0 saturated carbocycles. The lowest BCUT2D eigenvalue weighted by molar-refractivity contribution is 0.0660. The number of rotatable bonds is 8. The molecule has 0 amide bonds. The molecule has 1 unspecified atom stereocenters. The van der Waals surface area contributed by atoms with E-state index in [1.807, 2.05) is 14.1 Å². The van der Waals surface area contributed by atoms with Crippen LogP contribution in [-0.4, -0.2) is 42.7 Å². The van der Waals surface area contributed by atoms with Crippen molar-refractivity contribution in [2.45, 2.75) is 32.9 Å². The van der Waals surface area contributed by atoms with Crippen molar-refractivity contribution >= 4 is 5.97 Å². The highest BCUT2D eigenvalue weighted by molar-refractivity contribution is 5.84. The maximum atomic E-state index is 10.7. The minimum absolute atomic E-state index is 0.00943. The van der Waals surface area contributed by atoms with Gasteiger partial charge in [-0.1, -0.05) is 13.8 Å². The van der Waals surface area contributed by atoms with Gasteiger partial charge >= 0.3 is 5.97 Å². The molecule has 0 aliphatic carbocycles. The Balaban J connectivity index is 2.51. The van der Waals surface area contributed by atoms with Gasteiger partial charge in [-0.2, -0.15) is 0 Å². The maximum Gasteiger partial charge on any atom is 0.371 e. The first-order chi connectivity index (χ1) is 8.88. The Bertz CT molecular complexity index is 389. The largest absolute Gasteiger partial charge is 0.475 e. The van der Waals surface area contributed by atoms with Crippen LogP contribution in [0.2, 0.25) is 0 Å². The molecule has 0 aliphatic rings. The summed E-state index contributed by atoms with van der Waals surface area (Å²) in [6, 6.07) is 3.56. The van der Waals surface area contributed by atoms with Gasteiger partial charge in [0.2, 0.25) is 5.76 Å². The molecule has 0 fully saturated rings. The van der Waals surface area contributed by atoms with E-state index in [4.69, 9.17) is 9.52 Å². The van der Waals surface area contributed by atoms with E-state index >= 15 is 0 Å². The average Bonchev–Trinajstić information content (AvgIpc) is 2.73. The summed E-state index contributed by atoms with van der Waals surface area (Å²) in [5.41, 5.74) is 0. The molecule has 5 heteroatoms. The van der Waals surface area contributed by atoms with Crippen molar-refractivity contribution in [2.75, 3.05) is 20.6 Å². The SMILES string of the molecule is CC(C)CC(CN(C)C)NCc1ccc(C(=O)O)o1. The van der Waals surface area contributed by atoms with E-state index in [-0.39, 0.29) is 5.76 Å². The van der Waals surface area contributed by atoms with E-state index in [1.54, 1.807) is 6.07 Å². The number of hydrogen-bond acceptors (Lipinski definition) is 4. The van der Waals surface area contributed by atoms with E-state index < -0.39 is 5.97 Å². The van der Waals surface area contributed by atoms with Crippen molar-refractivity contribution in [1.82, 2.24) is 10.2 Å². The summed E-state index contributed by atoms with van der Waals surface area (Å²) in [4.78, 5) is 12.9. The summed E-state index contributed by atoms with van der Waals surface area (Å²) in [6.45, 7) is 5.89. The van der Waals surface area contributed by atoms with Crippen molar-refractivity contribution in [3.05, 3.63) is 23.7 Å². The number of furan rings is 1. The van der Waals surface area contributed by atoms with Gasteiger partial charge in [-0.3, -0.25) is 0 Å². The molecule has 0 aromatic carbocycles. The fourth-order valence-electron chi connectivity index (χ4n) is 2.07. The molecule has 0 spiro atoms. The second-order valence-electron chi connectivity index (χ2n) is 5.54. The first-order valence-electron chi connectivity index (χ1n) is 6.58. The molecule has 0 aliphatic heterocycles. The van der Waals surface area contributed by atoms with Crippen molar-refractivity contribution in [2.24, 2.45) is 5.92 Å². The van der Waals surface area contributed by atoms with Crippen molar-refractivity contribution in [3.63, 3.8) is 0 Å². The number of hydrogen-bond donors (Lipinski definition) is 2.